The van der Waals surface area contributed by atoms with Gasteiger partial charge in [0.2, 0.25) is 0 Å². The van der Waals surface area contributed by atoms with Crippen LogP contribution in [-0.2, 0) is 9.53 Å². The van der Waals surface area contributed by atoms with Gasteiger partial charge in [-0.25, -0.2) is 9.59 Å². The lowest BCUT2D eigenvalue weighted by Crippen LogP contribution is -2.42. The molecule has 1 saturated heterocycles. The van der Waals surface area contributed by atoms with Gasteiger partial charge in [0.15, 0.2) is 6.04 Å². The first-order valence-electron chi connectivity index (χ1n) is 5.38. The van der Waals surface area contributed by atoms with Crippen molar-refractivity contribution >= 4 is 29.4 Å². The van der Waals surface area contributed by atoms with Crippen LogP contribution in [0.4, 0.5) is 10.5 Å². The lowest BCUT2D eigenvalue weighted by atomic mass is 10.1. The molecule has 2 unspecified atom stereocenters. The Hall–Kier alpha value is -2.26. The number of nitrogens with zero attached hydrogens (tertiary/aromatic N) is 2. The van der Waals surface area contributed by atoms with E-state index in [4.69, 9.17) is 26.7 Å². The minimum atomic E-state index is -1.17. The highest BCUT2D eigenvalue weighted by Gasteiger charge is 2.45. The average Bonchev–Trinajstić information content (AvgIpc) is 2.64. The van der Waals surface area contributed by atoms with E-state index >= 15 is 0 Å². The van der Waals surface area contributed by atoms with E-state index in [0.717, 1.165) is 4.90 Å². The maximum absolute atomic E-state index is 11.7. The van der Waals surface area contributed by atoms with E-state index in [-0.39, 0.29) is 16.3 Å². The van der Waals surface area contributed by atoms with Crippen molar-refractivity contribution in [2.24, 2.45) is 0 Å². The van der Waals surface area contributed by atoms with Crippen molar-refractivity contribution in [2.45, 2.75) is 19.1 Å². The number of amides is 1. The Bertz CT molecular complexity index is 596. The number of carboxylic acids is 1. The topological polar surface area (TPSA) is 90.6 Å². The van der Waals surface area contributed by atoms with Crippen molar-refractivity contribution in [2.75, 3.05) is 4.90 Å². The maximum atomic E-state index is 11.7. The van der Waals surface area contributed by atoms with Gasteiger partial charge >= 0.3 is 12.1 Å². The summed E-state index contributed by atoms with van der Waals surface area (Å²) in [7, 11) is 0. The molecule has 2 rings (SSSR count). The molecular formula is C12H9ClN2O4. The Labute approximate surface area is 113 Å². The van der Waals surface area contributed by atoms with Gasteiger partial charge in [-0.05, 0) is 25.1 Å². The molecule has 1 aromatic rings. The predicted molar refractivity (Wildman–Crippen MR) is 66.0 cm³/mol. The molecule has 0 spiro atoms. The zero-order valence-corrected chi connectivity index (χ0v) is 10.6. The van der Waals surface area contributed by atoms with Crippen LogP contribution in [0.15, 0.2) is 18.2 Å². The van der Waals surface area contributed by atoms with Gasteiger partial charge in [0, 0.05) is 5.69 Å². The first-order chi connectivity index (χ1) is 8.95. The van der Waals surface area contributed by atoms with Crippen LogP contribution in [0.5, 0.6) is 0 Å². The molecule has 0 aromatic heterocycles. The van der Waals surface area contributed by atoms with Crippen molar-refractivity contribution in [1.82, 2.24) is 0 Å². The van der Waals surface area contributed by atoms with Gasteiger partial charge in [-0.3, -0.25) is 4.90 Å². The van der Waals surface area contributed by atoms with Crippen LogP contribution in [0.25, 0.3) is 0 Å². The van der Waals surface area contributed by atoms with Crippen LogP contribution < -0.4 is 4.90 Å². The molecule has 1 aliphatic rings. The van der Waals surface area contributed by atoms with Gasteiger partial charge in [-0.15, -0.1) is 0 Å². The number of carbonyl (C=O) groups excluding carboxylic acids is 1. The minimum absolute atomic E-state index is 0.150. The minimum Gasteiger partial charge on any atom is -0.480 e. The zero-order valence-electron chi connectivity index (χ0n) is 9.83. The van der Waals surface area contributed by atoms with Crippen molar-refractivity contribution in [1.29, 1.82) is 5.26 Å². The van der Waals surface area contributed by atoms with Gasteiger partial charge < -0.3 is 9.84 Å². The van der Waals surface area contributed by atoms with Crippen LogP contribution in [0, 0.1) is 11.3 Å². The molecule has 2 atom stereocenters. The molecule has 7 heteroatoms. The third-order valence-corrected chi connectivity index (χ3v) is 3.12. The van der Waals surface area contributed by atoms with Gasteiger partial charge in [0.25, 0.3) is 0 Å². The monoisotopic (exact) mass is 280 g/mol. The maximum Gasteiger partial charge on any atom is 0.415 e. The number of cyclic esters (lactones) is 1. The van der Waals surface area contributed by atoms with E-state index in [0.29, 0.717) is 0 Å². The largest absolute Gasteiger partial charge is 0.480 e. The third-order valence-electron chi connectivity index (χ3n) is 2.81. The van der Waals surface area contributed by atoms with Gasteiger partial charge in [-0.2, -0.15) is 5.26 Å². The zero-order chi connectivity index (χ0) is 14.2. The molecule has 98 valence electrons. The third kappa shape index (κ3) is 2.20. The molecule has 1 heterocycles. The van der Waals surface area contributed by atoms with Crippen LogP contribution in [-0.4, -0.2) is 29.3 Å². The van der Waals surface area contributed by atoms with Crippen LogP contribution in [0.1, 0.15) is 12.5 Å². The fourth-order valence-corrected chi connectivity index (χ4v) is 2.14. The smallest absolute Gasteiger partial charge is 0.415 e. The summed E-state index contributed by atoms with van der Waals surface area (Å²) in [5, 5.41) is 18.1. The van der Waals surface area contributed by atoms with Crippen molar-refractivity contribution in [3.8, 4) is 6.07 Å². The molecule has 1 aliphatic heterocycles. The average molecular weight is 281 g/mol. The number of benzene rings is 1. The highest BCUT2D eigenvalue weighted by molar-refractivity contribution is 6.32. The second-order valence-corrected chi connectivity index (χ2v) is 4.43. The SMILES string of the molecule is CC1OC(=O)N(c2ccc(C#N)c(Cl)c2)C1C(=O)O. The molecule has 1 fully saturated rings. The molecule has 0 bridgehead atoms. The molecule has 6 nitrogen and oxygen atoms in total. The van der Waals surface area contributed by atoms with Crippen molar-refractivity contribution < 1.29 is 19.4 Å². The molecule has 0 radical (unpaired) electrons. The summed E-state index contributed by atoms with van der Waals surface area (Å²) in [6.07, 6.45) is -1.51. The van der Waals surface area contributed by atoms with Gasteiger partial charge in [-0.1, -0.05) is 11.6 Å². The lowest BCUT2D eigenvalue weighted by Gasteiger charge is -2.19. The molecule has 1 amide bonds. The summed E-state index contributed by atoms with van der Waals surface area (Å²) in [5.74, 6) is -1.17. The predicted octanol–water partition coefficient (Wildman–Crippen LogP) is 2.01. The standard InChI is InChI=1S/C12H9ClN2O4/c1-6-10(11(16)17)15(12(18)19-6)8-3-2-7(5-14)9(13)4-8/h2-4,6,10H,1H3,(H,16,17). The number of aliphatic carboxylic acids is 1. The van der Waals surface area contributed by atoms with E-state index in [1.54, 1.807) is 0 Å². The van der Waals surface area contributed by atoms with Crippen LogP contribution in [0.3, 0.4) is 0 Å². The first kappa shape index (κ1) is 13.2. The van der Waals surface area contributed by atoms with Crippen LogP contribution >= 0.6 is 11.6 Å². The first-order valence-corrected chi connectivity index (χ1v) is 5.76. The Morgan fingerprint density at radius 2 is 2.26 bits per heavy atom. The van der Waals surface area contributed by atoms with Gasteiger partial charge in [0.1, 0.15) is 12.2 Å². The number of rotatable bonds is 2. The Kier molecular flexibility index (Phi) is 3.32. The van der Waals surface area contributed by atoms with Gasteiger partial charge in [0.05, 0.1) is 10.6 Å². The summed E-state index contributed by atoms with van der Waals surface area (Å²) in [6, 6.07) is 5.02. The fourth-order valence-electron chi connectivity index (χ4n) is 1.93. The van der Waals surface area contributed by atoms with Crippen molar-refractivity contribution in [3.63, 3.8) is 0 Å². The van der Waals surface area contributed by atoms with E-state index in [9.17, 15) is 9.59 Å². The second kappa shape index (κ2) is 4.78. The summed E-state index contributed by atoms with van der Waals surface area (Å²) in [4.78, 5) is 23.9. The molecular weight excluding hydrogens is 272 g/mol. The van der Waals surface area contributed by atoms with E-state index in [1.165, 1.54) is 25.1 Å². The van der Waals surface area contributed by atoms with E-state index in [2.05, 4.69) is 0 Å². The number of anilines is 1. The highest BCUT2D eigenvalue weighted by atomic mass is 35.5. The summed E-state index contributed by atoms with van der Waals surface area (Å²) >= 11 is 5.87. The molecule has 1 N–H and O–H groups in total. The second-order valence-electron chi connectivity index (χ2n) is 4.02. The number of ether oxygens (including phenoxy) is 1. The Balaban J connectivity index is 2.45. The fraction of sp³-hybridized carbons (Fsp3) is 0.250. The van der Waals surface area contributed by atoms with E-state index in [1.807, 2.05) is 6.07 Å². The number of nitriles is 1. The molecule has 0 aliphatic carbocycles. The van der Waals surface area contributed by atoms with E-state index < -0.39 is 24.2 Å². The molecule has 19 heavy (non-hydrogen) atoms. The number of carboxylic acid groups (broad SMARTS) is 1. The highest BCUT2D eigenvalue weighted by Crippen LogP contribution is 2.30. The molecule has 0 saturated carbocycles. The number of halogens is 1. The van der Waals surface area contributed by atoms with Crippen LogP contribution in [0.2, 0.25) is 5.02 Å². The number of carbonyl (C=O) groups is 2. The Morgan fingerprint density at radius 3 is 2.79 bits per heavy atom. The van der Waals surface area contributed by atoms with Crippen molar-refractivity contribution in [3.05, 3.63) is 28.8 Å². The summed E-state index contributed by atoms with van der Waals surface area (Å²) in [6.45, 7) is 1.50. The molecule has 1 aromatic carbocycles. The number of hydrogen-bond donors (Lipinski definition) is 1. The normalized spacial score (nSPS) is 21.9. The lowest BCUT2D eigenvalue weighted by molar-refractivity contribution is -0.139. The summed E-state index contributed by atoms with van der Waals surface area (Å²) < 4.78 is 4.90. The Morgan fingerprint density at radius 1 is 1.58 bits per heavy atom. The quantitative estimate of drug-likeness (QED) is 0.895. The number of hydrogen-bond acceptors (Lipinski definition) is 4. The summed E-state index contributed by atoms with van der Waals surface area (Å²) in [5.41, 5.74) is 0.531.